The standard InChI is InChI=1S/C14H14BrNO4/c1-16-8-7-9(15)12(14(16)17)20-13-10(18-2)5-4-6-11(13)19-3/h4-8H,1-3H3. The summed E-state index contributed by atoms with van der Waals surface area (Å²) in [5.74, 6) is 1.52. The number of aromatic nitrogens is 1. The van der Waals surface area contributed by atoms with Gasteiger partial charge in [-0.15, -0.1) is 0 Å². The van der Waals surface area contributed by atoms with Crippen molar-refractivity contribution in [1.82, 2.24) is 4.57 Å². The fraction of sp³-hybridized carbons (Fsp3) is 0.214. The number of methoxy groups -OCH3 is 2. The Morgan fingerprint density at radius 1 is 1.05 bits per heavy atom. The van der Waals surface area contributed by atoms with Crippen molar-refractivity contribution in [2.24, 2.45) is 7.05 Å². The number of halogens is 1. The molecule has 20 heavy (non-hydrogen) atoms. The topological polar surface area (TPSA) is 49.7 Å². The summed E-state index contributed by atoms with van der Waals surface area (Å²) < 4.78 is 18.2. The van der Waals surface area contributed by atoms with E-state index >= 15 is 0 Å². The van der Waals surface area contributed by atoms with E-state index in [0.29, 0.717) is 21.7 Å². The first kappa shape index (κ1) is 14.5. The molecule has 0 saturated carbocycles. The van der Waals surface area contributed by atoms with Crippen LogP contribution in [0.15, 0.2) is 39.7 Å². The molecule has 0 spiro atoms. The van der Waals surface area contributed by atoms with Crippen LogP contribution < -0.4 is 19.8 Å². The molecule has 0 unspecified atom stereocenters. The van der Waals surface area contributed by atoms with Crippen LogP contribution in [0.3, 0.4) is 0 Å². The molecule has 0 radical (unpaired) electrons. The summed E-state index contributed by atoms with van der Waals surface area (Å²) in [5, 5.41) is 0. The minimum Gasteiger partial charge on any atom is -0.493 e. The van der Waals surface area contributed by atoms with Crippen LogP contribution in [0.1, 0.15) is 0 Å². The molecule has 6 heteroatoms. The fourth-order valence-electron chi connectivity index (χ4n) is 1.70. The zero-order valence-electron chi connectivity index (χ0n) is 11.3. The van der Waals surface area contributed by atoms with Gasteiger partial charge in [-0.25, -0.2) is 0 Å². The highest BCUT2D eigenvalue weighted by Crippen LogP contribution is 2.40. The van der Waals surface area contributed by atoms with Gasteiger partial charge in [0.25, 0.3) is 5.56 Å². The van der Waals surface area contributed by atoms with Crippen molar-refractivity contribution in [3.05, 3.63) is 45.3 Å². The van der Waals surface area contributed by atoms with Crippen LogP contribution in [-0.2, 0) is 7.05 Å². The lowest BCUT2D eigenvalue weighted by molar-refractivity contribution is 0.343. The van der Waals surface area contributed by atoms with Gasteiger partial charge in [-0.3, -0.25) is 4.79 Å². The average Bonchev–Trinajstić information content (AvgIpc) is 2.47. The Morgan fingerprint density at radius 3 is 2.20 bits per heavy atom. The smallest absolute Gasteiger partial charge is 0.294 e. The minimum absolute atomic E-state index is 0.179. The Balaban J connectivity index is 2.55. The molecule has 0 aliphatic heterocycles. The van der Waals surface area contributed by atoms with Gasteiger partial charge in [-0.05, 0) is 34.1 Å². The summed E-state index contributed by atoms with van der Waals surface area (Å²) >= 11 is 3.31. The lowest BCUT2D eigenvalue weighted by Crippen LogP contribution is -2.17. The molecule has 0 saturated heterocycles. The molecule has 1 heterocycles. The molecule has 1 aromatic heterocycles. The van der Waals surface area contributed by atoms with Gasteiger partial charge in [-0.2, -0.15) is 0 Å². The lowest BCUT2D eigenvalue weighted by Gasteiger charge is -2.14. The predicted molar refractivity (Wildman–Crippen MR) is 79.0 cm³/mol. The fourth-order valence-corrected chi connectivity index (χ4v) is 2.06. The minimum atomic E-state index is -0.257. The number of benzene rings is 1. The van der Waals surface area contributed by atoms with E-state index in [1.807, 2.05) is 0 Å². The van der Waals surface area contributed by atoms with Crippen LogP contribution in [0, 0.1) is 0 Å². The second kappa shape index (κ2) is 6.00. The maximum Gasteiger partial charge on any atom is 0.294 e. The first-order chi connectivity index (χ1) is 9.58. The third-order valence-electron chi connectivity index (χ3n) is 2.76. The lowest BCUT2D eigenvalue weighted by atomic mass is 10.3. The second-order valence-corrected chi connectivity index (χ2v) is 4.86. The summed E-state index contributed by atoms with van der Waals surface area (Å²) in [6.45, 7) is 0. The average molecular weight is 340 g/mol. The SMILES string of the molecule is COc1cccc(OC)c1Oc1c(Br)ccn(C)c1=O. The third-order valence-corrected chi connectivity index (χ3v) is 3.39. The Labute approximate surface area is 124 Å². The van der Waals surface area contributed by atoms with Gasteiger partial charge < -0.3 is 18.8 Å². The molecular formula is C14H14BrNO4. The second-order valence-electron chi connectivity index (χ2n) is 4.00. The summed E-state index contributed by atoms with van der Waals surface area (Å²) in [6.07, 6.45) is 1.65. The molecule has 0 N–H and O–H groups in total. The maximum absolute atomic E-state index is 12.1. The molecule has 1 aromatic carbocycles. The van der Waals surface area contributed by atoms with Crippen molar-refractivity contribution in [1.29, 1.82) is 0 Å². The van der Waals surface area contributed by atoms with Gasteiger partial charge >= 0.3 is 0 Å². The van der Waals surface area contributed by atoms with Crippen molar-refractivity contribution in [2.45, 2.75) is 0 Å². The molecule has 2 rings (SSSR count). The first-order valence-corrected chi connectivity index (χ1v) is 6.61. The van der Waals surface area contributed by atoms with Gasteiger partial charge in [0.2, 0.25) is 11.5 Å². The van der Waals surface area contributed by atoms with Crippen molar-refractivity contribution in [3.63, 3.8) is 0 Å². The van der Waals surface area contributed by atoms with Crippen LogP contribution in [0.25, 0.3) is 0 Å². The number of ether oxygens (including phenoxy) is 3. The summed E-state index contributed by atoms with van der Waals surface area (Å²) in [5.41, 5.74) is -0.257. The van der Waals surface area contributed by atoms with Gasteiger partial charge in [-0.1, -0.05) is 6.07 Å². The molecule has 0 amide bonds. The van der Waals surface area contributed by atoms with Crippen LogP contribution in [0.2, 0.25) is 0 Å². The van der Waals surface area contributed by atoms with Crippen LogP contribution in [0.4, 0.5) is 0 Å². The van der Waals surface area contributed by atoms with Crippen molar-refractivity contribution >= 4 is 15.9 Å². The first-order valence-electron chi connectivity index (χ1n) is 5.82. The van der Waals surface area contributed by atoms with E-state index in [1.54, 1.807) is 37.5 Å². The summed E-state index contributed by atoms with van der Waals surface area (Å²) in [4.78, 5) is 12.1. The molecule has 0 atom stereocenters. The van der Waals surface area contributed by atoms with Crippen LogP contribution in [0.5, 0.6) is 23.0 Å². The van der Waals surface area contributed by atoms with Crippen LogP contribution in [-0.4, -0.2) is 18.8 Å². The molecule has 106 valence electrons. The number of rotatable bonds is 4. The van der Waals surface area contributed by atoms with E-state index in [4.69, 9.17) is 14.2 Å². The zero-order chi connectivity index (χ0) is 14.7. The van der Waals surface area contributed by atoms with Crippen LogP contribution >= 0.6 is 15.9 Å². The Hall–Kier alpha value is -1.95. The van der Waals surface area contributed by atoms with E-state index < -0.39 is 0 Å². The highest BCUT2D eigenvalue weighted by molar-refractivity contribution is 9.10. The van der Waals surface area contributed by atoms with Gasteiger partial charge in [0, 0.05) is 13.2 Å². The zero-order valence-corrected chi connectivity index (χ0v) is 12.9. The van der Waals surface area contributed by atoms with Crippen molar-refractivity contribution in [3.8, 4) is 23.0 Å². The number of pyridine rings is 1. The Bertz CT molecular complexity index is 659. The highest BCUT2D eigenvalue weighted by Gasteiger charge is 2.16. The maximum atomic E-state index is 12.1. The molecule has 0 aliphatic carbocycles. The quantitative estimate of drug-likeness (QED) is 0.859. The van der Waals surface area contributed by atoms with E-state index in [2.05, 4.69) is 15.9 Å². The summed E-state index contributed by atoms with van der Waals surface area (Å²) in [6, 6.07) is 6.99. The molecule has 0 bridgehead atoms. The normalized spacial score (nSPS) is 10.2. The Kier molecular flexibility index (Phi) is 4.34. The van der Waals surface area contributed by atoms with Gasteiger partial charge in [0.05, 0.1) is 18.7 Å². The molecular weight excluding hydrogens is 326 g/mol. The number of aryl methyl sites for hydroxylation is 1. The van der Waals surface area contributed by atoms with E-state index in [-0.39, 0.29) is 11.3 Å². The van der Waals surface area contributed by atoms with E-state index in [1.165, 1.54) is 18.8 Å². The van der Waals surface area contributed by atoms with E-state index in [0.717, 1.165) is 0 Å². The van der Waals surface area contributed by atoms with Crippen molar-refractivity contribution < 1.29 is 14.2 Å². The number of hydrogen-bond acceptors (Lipinski definition) is 4. The number of para-hydroxylation sites is 1. The number of hydrogen-bond donors (Lipinski definition) is 0. The molecule has 0 aliphatic rings. The third kappa shape index (κ3) is 2.65. The molecule has 0 fully saturated rings. The largest absolute Gasteiger partial charge is 0.493 e. The van der Waals surface area contributed by atoms with Gasteiger partial charge in [0.15, 0.2) is 11.5 Å². The van der Waals surface area contributed by atoms with Crippen molar-refractivity contribution in [2.75, 3.05) is 14.2 Å². The number of nitrogens with zero attached hydrogens (tertiary/aromatic N) is 1. The summed E-state index contributed by atoms with van der Waals surface area (Å²) in [7, 11) is 4.71. The molecule has 2 aromatic rings. The van der Waals surface area contributed by atoms with Gasteiger partial charge in [0.1, 0.15) is 0 Å². The van der Waals surface area contributed by atoms with E-state index in [9.17, 15) is 4.79 Å². The highest BCUT2D eigenvalue weighted by atomic mass is 79.9. The predicted octanol–water partition coefficient (Wildman–Crippen LogP) is 2.96. The Morgan fingerprint density at radius 2 is 1.65 bits per heavy atom. The molecule has 5 nitrogen and oxygen atoms in total. The monoisotopic (exact) mass is 339 g/mol.